The molecular formula is C9H9ClF3N3O. The number of halogens is 4. The van der Waals surface area contributed by atoms with E-state index in [4.69, 9.17) is 17.3 Å². The lowest BCUT2D eigenvalue weighted by Gasteiger charge is -2.26. The number of hydrogen-bond donors (Lipinski definition) is 2. The van der Waals surface area contributed by atoms with Crippen LogP contribution in [0.15, 0.2) is 18.5 Å². The summed E-state index contributed by atoms with van der Waals surface area (Å²) in [5.74, 6) is -1.40. The van der Waals surface area contributed by atoms with Gasteiger partial charge in [-0.2, -0.15) is 13.2 Å². The van der Waals surface area contributed by atoms with E-state index >= 15 is 0 Å². The number of nitrogens with two attached hydrogens (primary N) is 1. The molecule has 94 valence electrons. The van der Waals surface area contributed by atoms with Crippen molar-refractivity contribution in [3.63, 3.8) is 0 Å². The van der Waals surface area contributed by atoms with Crippen molar-refractivity contribution in [2.45, 2.75) is 18.6 Å². The fraction of sp³-hybridized carbons (Fsp3) is 0.333. The van der Waals surface area contributed by atoms with Gasteiger partial charge in [0.1, 0.15) is 0 Å². The predicted molar refractivity (Wildman–Crippen MR) is 56.5 cm³/mol. The Bertz CT molecular complexity index is 434. The van der Waals surface area contributed by atoms with Crippen molar-refractivity contribution in [1.29, 1.82) is 0 Å². The lowest BCUT2D eigenvalue weighted by atomic mass is 10.0. The minimum absolute atomic E-state index is 0.0277. The van der Waals surface area contributed by atoms with Gasteiger partial charge >= 0.3 is 6.18 Å². The Morgan fingerprint density at radius 1 is 1.53 bits per heavy atom. The molecule has 0 fully saturated rings. The molecule has 0 aliphatic rings. The van der Waals surface area contributed by atoms with Gasteiger partial charge in [0.05, 0.1) is 16.9 Å². The summed E-state index contributed by atoms with van der Waals surface area (Å²) in [7, 11) is 0. The molecule has 0 aliphatic carbocycles. The van der Waals surface area contributed by atoms with Crippen molar-refractivity contribution in [3.05, 3.63) is 23.5 Å². The van der Waals surface area contributed by atoms with E-state index in [0.29, 0.717) is 6.92 Å². The van der Waals surface area contributed by atoms with Gasteiger partial charge in [0.2, 0.25) is 0 Å². The quantitative estimate of drug-likeness (QED) is 0.861. The molecule has 8 heteroatoms. The Morgan fingerprint density at radius 2 is 2.12 bits per heavy atom. The van der Waals surface area contributed by atoms with E-state index in [2.05, 4.69) is 4.98 Å². The van der Waals surface area contributed by atoms with Crippen molar-refractivity contribution in [2.24, 2.45) is 5.73 Å². The van der Waals surface area contributed by atoms with Crippen LogP contribution in [-0.2, 0) is 4.79 Å². The Labute approximate surface area is 100.0 Å². The van der Waals surface area contributed by atoms with Gasteiger partial charge in [-0.25, -0.2) is 0 Å². The van der Waals surface area contributed by atoms with Gasteiger partial charge in [-0.05, 0) is 13.0 Å². The molecule has 4 nitrogen and oxygen atoms in total. The molecule has 3 N–H and O–H groups in total. The van der Waals surface area contributed by atoms with E-state index in [9.17, 15) is 18.0 Å². The monoisotopic (exact) mass is 267 g/mol. The Balaban J connectivity index is 2.91. The number of amides is 1. The van der Waals surface area contributed by atoms with E-state index in [0.717, 1.165) is 6.20 Å². The molecule has 17 heavy (non-hydrogen) atoms. The second-order valence-electron chi connectivity index (χ2n) is 3.51. The molecule has 0 aliphatic heterocycles. The fourth-order valence-corrected chi connectivity index (χ4v) is 1.00. The number of nitrogens with zero attached hydrogens (tertiary/aromatic N) is 1. The van der Waals surface area contributed by atoms with Crippen LogP contribution in [0.2, 0.25) is 5.02 Å². The molecule has 1 rings (SSSR count). The summed E-state index contributed by atoms with van der Waals surface area (Å²) in [6.07, 6.45) is -2.39. The molecule has 0 bridgehead atoms. The van der Waals surface area contributed by atoms with Crippen molar-refractivity contribution in [3.8, 4) is 0 Å². The highest BCUT2D eigenvalue weighted by Gasteiger charge is 2.54. The Kier molecular flexibility index (Phi) is 3.63. The molecule has 1 heterocycles. The average molecular weight is 268 g/mol. The lowest BCUT2D eigenvalue weighted by molar-refractivity contribution is -0.184. The van der Waals surface area contributed by atoms with Crippen LogP contribution >= 0.6 is 11.6 Å². The van der Waals surface area contributed by atoms with Crippen LogP contribution in [0.3, 0.4) is 0 Å². The Morgan fingerprint density at radius 3 is 2.59 bits per heavy atom. The molecular weight excluding hydrogens is 259 g/mol. The summed E-state index contributed by atoms with van der Waals surface area (Å²) in [5.41, 5.74) is 1.91. The maximum atomic E-state index is 12.5. The van der Waals surface area contributed by atoms with Crippen LogP contribution in [-0.4, -0.2) is 22.6 Å². The zero-order valence-corrected chi connectivity index (χ0v) is 9.43. The van der Waals surface area contributed by atoms with Crippen molar-refractivity contribution < 1.29 is 18.0 Å². The smallest absolute Gasteiger partial charge is 0.322 e. The summed E-state index contributed by atoms with van der Waals surface area (Å²) >= 11 is 5.66. The molecule has 1 aromatic rings. The summed E-state index contributed by atoms with van der Waals surface area (Å²) in [5, 5.41) is 2.05. The number of rotatable bonds is 2. The first-order chi connectivity index (χ1) is 7.66. The second kappa shape index (κ2) is 4.50. The van der Waals surface area contributed by atoms with Crippen LogP contribution in [0.5, 0.6) is 0 Å². The molecule has 0 radical (unpaired) electrons. The van der Waals surface area contributed by atoms with Crippen LogP contribution in [0.25, 0.3) is 0 Å². The largest absolute Gasteiger partial charge is 0.415 e. The first kappa shape index (κ1) is 13.7. The molecule has 0 saturated heterocycles. The van der Waals surface area contributed by atoms with Gasteiger partial charge in [0.25, 0.3) is 5.91 Å². The standard InChI is InChI=1S/C9H9ClF3N3O/c1-8(14,9(11,12)13)7(17)16-6-4-15-3-2-5(6)10/h2-4H,14H2,1H3,(H,16,17). The molecule has 1 unspecified atom stereocenters. The van der Waals surface area contributed by atoms with Gasteiger partial charge in [-0.3, -0.25) is 9.78 Å². The number of alkyl halides is 3. The molecule has 0 aromatic carbocycles. The number of pyridine rings is 1. The summed E-state index contributed by atoms with van der Waals surface area (Å²) in [6, 6.07) is 1.33. The normalized spacial score (nSPS) is 15.2. The van der Waals surface area contributed by atoms with E-state index < -0.39 is 17.6 Å². The fourth-order valence-electron chi connectivity index (χ4n) is 0.850. The zero-order chi connectivity index (χ0) is 13.3. The Hall–Kier alpha value is -1.34. The molecule has 1 amide bonds. The highest BCUT2D eigenvalue weighted by atomic mass is 35.5. The topological polar surface area (TPSA) is 68.0 Å². The number of hydrogen-bond acceptors (Lipinski definition) is 3. The molecule has 0 spiro atoms. The molecule has 1 aromatic heterocycles. The maximum absolute atomic E-state index is 12.5. The van der Waals surface area contributed by atoms with E-state index in [1.54, 1.807) is 0 Å². The van der Waals surface area contributed by atoms with Crippen molar-refractivity contribution in [1.82, 2.24) is 4.98 Å². The average Bonchev–Trinajstić information content (AvgIpc) is 2.19. The van der Waals surface area contributed by atoms with Crippen LogP contribution < -0.4 is 11.1 Å². The highest BCUT2D eigenvalue weighted by molar-refractivity contribution is 6.33. The first-order valence-electron chi connectivity index (χ1n) is 4.43. The van der Waals surface area contributed by atoms with Gasteiger partial charge < -0.3 is 11.1 Å². The third-order valence-electron chi connectivity index (χ3n) is 2.08. The second-order valence-corrected chi connectivity index (χ2v) is 3.92. The third kappa shape index (κ3) is 2.86. The molecule has 1 atom stereocenters. The van der Waals surface area contributed by atoms with Gasteiger partial charge in [0, 0.05) is 6.20 Å². The minimum Gasteiger partial charge on any atom is -0.322 e. The van der Waals surface area contributed by atoms with Crippen molar-refractivity contribution >= 4 is 23.2 Å². The van der Waals surface area contributed by atoms with Gasteiger partial charge in [-0.15, -0.1) is 0 Å². The SMILES string of the molecule is CC(N)(C(=O)Nc1cnccc1Cl)C(F)(F)F. The van der Waals surface area contributed by atoms with E-state index in [-0.39, 0.29) is 10.7 Å². The van der Waals surface area contributed by atoms with E-state index in [1.165, 1.54) is 12.3 Å². The maximum Gasteiger partial charge on any atom is 0.415 e. The number of carbonyl (C=O) groups excluding carboxylic acids is 1. The van der Waals surface area contributed by atoms with Crippen LogP contribution in [0.4, 0.5) is 18.9 Å². The third-order valence-corrected chi connectivity index (χ3v) is 2.41. The zero-order valence-electron chi connectivity index (χ0n) is 8.68. The first-order valence-corrected chi connectivity index (χ1v) is 4.80. The van der Waals surface area contributed by atoms with E-state index in [1.807, 2.05) is 5.32 Å². The number of aromatic nitrogens is 1. The van der Waals surface area contributed by atoms with Crippen LogP contribution in [0, 0.1) is 0 Å². The highest BCUT2D eigenvalue weighted by Crippen LogP contribution is 2.29. The summed E-state index contributed by atoms with van der Waals surface area (Å²) in [4.78, 5) is 15.0. The minimum atomic E-state index is -4.86. The number of carbonyl (C=O) groups is 1. The molecule has 0 saturated carbocycles. The van der Waals surface area contributed by atoms with Gasteiger partial charge in [0.15, 0.2) is 5.54 Å². The number of anilines is 1. The summed E-state index contributed by atoms with van der Waals surface area (Å²) < 4.78 is 37.4. The van der Waals surface area contributed by atoms with Gasteiger partial charge in [-0.1, -0.05) is 11.6 Å². The van der Waals surface area contributed by atoms with Crippen LogP contribution in [0.1, 0.15) is 6.92 Å². The predicted octanol–water partition coefficient (Wildman–Crippen LogP) is 1.95. The van der Waals surface area contributed by atoms with Crippen molar-refractivity contribution in [2.75, 3.05) is 5.32 Å². The lowest BCUT2D eigenvalue weighted by Crippen LogP contribution is -2.59. The number of nitrogens with one attached hydrogen (secondary N) is 1. The summed E-state index contributed by atoms with van der Waals surface area (Å²) in [6.45, 7) is 0.576.